The van der Waals surface area contributed by atoms with Gasteiger partial charge in [-0.25, -0.2) is 9.37 Å². The Bertz CT molecular complexity index is 1540. The van der Waals surface area contributed by atoms with Crippen LogP contribution in [0.1, 0.15) is 16.1 Å². The smallest absolute Gasteiger partial charge is 0.292 e. The zero-order valence-electron chi connectivity index (χ0n) is 20.5. The summed E-state index contributed by atoms with van der Waals surface area (Å²) >= 11 is 0. The Morgan fingerprint density at radius 3 is 2.62 bits per heavy atom. The third-order valence-corrected chi connectivity index (χ3v) is 5.47. The third kappa shape index (κ3) is 6.58. The fraction of sp³-hybridized carbons (Fsp3) is 0.111. The van der Waals surface area contributed by atoms with Crippen molar-refractivity contribution < 1.29 is 28.2 Å². The lowest BCUT2D eigenvalue weighted by Crippen LogP contribution is -2.39. The zero-order chi connectivity index (χ0) is 27.2. The van der Waals surface area contributed by atoms with E-state index in [-0.39, 0.29) is 53.2 Å². The molecule has 0 saturated heterocycles. The van der Waals surface area contributed by atoms with Crippen LogP contribution in [-0.2, 0) is 9.53 Å². The number of nitrogens with two attached hydrogens (primary N) is 1. The number of nitrogens with one attached hydrogen (secondary N) is 2. The van der Waals surface area contributed by atoms with E-state index in [1.807, 2.05) is 0 Å². The lowest BCUT2D eigenvalue weighted by atomic mass is 9.97. The van der Waals surface area contributed by atoms with Crippen LogP contribution in [0.15, 0.2) is 71.3 Å². The minimum absolute atomic E-state index is 0. The van der Waals surface area contributed by atoms with Crippen molar-refractivity contribution in [2.75, 3.05) is 24.4 Å². The summed E-state index contributed by atoms with van der Waals surface area (Å²) in [5.41, 5.74) is 7.34. The van der Waals surface area contributed by atoms with E-state index < -0.39 is 23.7 Å². The molecular formula is C27H23ClFN5O5. The van der Waals surface area contributed by atoms with Gasteiger partial charge in [-0.05, 0) is 48.0 Å². The molecule has 0 unspecified atom stereocenters. The Morgan fingerprint density at radius 2 is 1.95 bits per heavy atom. The van der Waals surface area contributed by atoms with Gasteiger partial charge in [0.2, 0.25) is 5.91 Å². The van der Waals surface area contributed by atoms with E-state index in [9.17, 15) is 24.3 Å². The minimum Gasteiger partial charge on any atom is -0.507 e. The van der Waals surface area contributed by atoms with Crippen molar-refractivity contribution in [1.82, 2.24) is 4.98 Å². The lowest BCUT2D eigenvalue weighted by Gasteiger charge is -2.15. The van der Waals surface area contributed by atoms with E-state index in [0.29, 0.717) is 16.8 Å². The Hall–Kier alpha value is -4.76. The second kappa shape index (κ2) is 12.7. The number of ether oxygens (including phenoxy) is 1. The molecule has 2 heterocycles. The second-order valence-electron chi connectivity index (χ2n) is 8.12. The SMILES string of the molecule is COC[C@H](N)C(=O)Nc1cccc(-c2cc(-c3ccc(F)cc3O)nc(NC(=O)c3ccco3)c2C#N)c1.Cl. The standard InChI is InChI=1S/C27H22FN5O5.ClH/c1-37-14-21(30)26(35)31-17-5-2-4-15(10-17)19-12-22(18-8-7-16(28)11-23(18)34)32-25(20(19)13-29)33-27(36)24-6-3-9-38-24;/h2-12,21,34H,14,30H2,1H3,(H,31,35)(H,32,33,36);1H/t21-;/m0./s1. The molecule has 10 nitrogen and oxygen atoms in total. The first-order valence-electron chi connectivity index (χ1n) is 11.3. The average Bonchev–Trinajstić information content (AvgIpc) is 3.44. The Morgan fingerprint density at radius 1 is 1.15 bits per heavy atom. The number of anilines is 2. The first-order valence-corrected chi connectivity index (χ1v) is 11.3. The fourth-order valence-corrected chi connectivity index (χ4v) is 3.67. The molecule has 0 aliphatic rings. The van der Waals surface area contributed by atoms with Crippen LogP contribution >= 0.6 is 12.4 Å². The van der Waals surface area contributed by atoms with Crippen LogP contribution in [0.3, 0.4) is 0 Å². The molecule has 2 aromatic carbocycles. The van der Waals surface area contributed by atoms with Crippen LogP contribution in [0.5, 0.6) is 5.75 Å². The number of hydrogen-bond acceptors (Lipinski definition) is 8. The average molecular weight is 552 g/mol. The predicted molar refractivity (Wildman–Crippen MR) is 144 cm³/mol. The van der Waals surface area contributed by atoms with Crippen LogP contribution in [0.25, 0.3) is 22.4 Å². The van der Waals surface area contributed by atoms with E-state index in [1.165, 1.54) is 37.6 Å². The number of rotatable bonds is 8. The number of nitriles is 1. The number of carbonyl (C=O) groups is 2. The van der Waals surface area contributed by atoms with Gasteiger partial charge < -0.3 is 30.6 Å². The highest BCUT2D eigenvalue weighted by molar-refractivity contribution is 6.03. The maximum Gasteiger partial charge on any atom is 0.292 e. The van der Waals surface area contributed by atoms with Crippen LogP contribution in [0.4, 0.5) is 15.9 Å². The molecule has 200 valence electrons. The van der Waals surface area contributed by atoms with E-state index in [1.54, 1.807) is 24.3 Å². The summed E-state index contributed by atoms with van der Waals surface area (Å²) < 4.78 is 23.7. The summed E-state index contributed by atoms with van der Waals surface area (Å²) in [4.78, 5) is 29.5. The predicted octanol–water partition coefficient (Wildman–Crippen LogP) is 4.31. The van der Waals surface area contributed by atoms with E-state index >= 15 is 0 Å². The Balaban J connectivity index is 0.00000420. The topological polar surface area (TPSA) is 163 Å². The van der Waals surface area contributed by atoms with Crippen LogP contribution in [-0.4, -0.2) is 41.7 Å². The molecule has 39 heavy (non-hydrogen) atoms. The summed E-state index contributed by atoms with van der Waals surface area (Å²) in [6.07, 6.45) is 1.32. The molecule has 5 N–H and O–H groups in total. The van der Waals surface area contributed by atoms with Crippen molar-refractivity contribution in [3.8, 4) is 34.2 Å². The lowest BCUT2D eigenvalue weighted by molar-refractivity contribution is -0.118. The molecule has 2 aromatic heterocycles. The Kier molecular flexibility index (Phi) is 9.35. The quantitative estimate of drug-likeness (QED) is 0.251. The van der Waals surface area contributed by atoms with Crippen LogP contribution in [0.2, 0.25) is 0 Å². The molecule has 0 spiro atoms. The number of phenols is 1. The van der Waals surface area contributed by atoms with Crippen molar-refractivity contribution in [3.05, 3.63) is 84.1 Å². The zero-order valence-corrected chi connectivity index (χ0v) is 21.3. The number of nitrogens with zero attached hydrogens (tertiary/aromatic N) is 2. The van der Waals surface area contributed by atoms with E-state index in [0.717, 1.165) is 12.1 Å². The van der Waals surface area contributed by atoms with E-state index in [2.05, 4.69) is 21.7 Å². The van der Waals surface area contributed by atoms with Gasteiger partial charge >= 0.3 is 0 Å². The fourth-order valence-electron chi connectivity index (χ4n) is 3.67. The van der Waals surface area contributed by atoms with Gasteiger partial charge in [0.1, 0.15) is 29.2 Å². The number of pyridine rings is 1. The molecule has 4 aromatic rings. The number of hydrogen-bond donors (Lipinski definition) is 4. The molecular weight excluding hydrogens is 529 g/mol. The highest BCUT2D eigenvalue weighted by atomic mass is 35.5. The first-order chi connectivity index (χ1) is 18.3. The van der Waals surface area contributed by atoms with Crippen LogP contribution < -0.4 is 16.4 Å². The number of aromatic nitrogens is 1. The number of carbonyl (C=O) groups excluding carboxylic acids is 2. The monoisotopic (exact) mass is 551 g/mol. The number of methoxy groups -OCH3 is 1. The normalized spacial score (nSPS) is 11.1. The Labute approximate surface area is 228 Å². The van der Waals surface area contributed by atoms with Gasteiger partial charge in [-0.1, -0.05) is 12.1 Å². The molecule has 1 atom stereocenters. The minimum atomic E-state index is -0.893. The van der Waals surface area contributed by atoms with Gasteiger partial charge in [-0.15, -0.1) is 12.4 Å². The molecule has 0 aliphatic carbocycles. The van der Waals surface area contributed by atoms with E-state index in [4.69, 9.17) is 14.9 Å². The van der Waals surface area contributed by atoms with Gasteiger partial charge in [0.25, 0.3) is 5.91 Å². The summed E-state index contributed by atoms with van der Waals surface area (Å²) in [5, 5.41) is 25.7. The molecule has 0 saturated carbocycles. The highest BCUT2D eigenvalue weighted by Gasteiger charge is 2.21. The maximum atomic E-state index is 13.6. The summed E-state index contributed by atoms with van der Waals surface area (Å²) in [6.45, 7) is 0.0255. The molecule has 4 rings (SSSR count). The first kappa shape index (κ1) is 28.8. The van der Waals surface area contributed by atoms with Crippen molar-refractivity contribution in [1.29, 1.82) is 5.26 Å². The van der Waals surface area contributed by atoms with Gasteiger partial charge in [0, 0.05) is 30.0 Å². The number of furan rings is 1. The third-order valence-electron chi connectivity index (χ3n) is 5.47. The number of aromatic hydroxyl groups is 1. The number of benzene rings is 2. The van der Waals surface area contributed by atoms with Crippen molar-refractivity contribution in [3.63, 3.8) is 0 Å². The van der Waals surface area contributed by atoms with Crippen molar-refractivity contribution in [2.24, 2.45) is 5.73 Å². The summed E-state index contributed by atoms with van der Waals surface area (Å²) in [7, 11) is 1.43. The molecule has 2 amide bonds. The number of halogens is 2. The highest BCUT2D eigenvalue weighted by Crippen LogP contribution is 2.36. The largest absolute Gasteiger partial charge is 0.507 e. The van der Waals surface area contributed by atoms with Gasteiger partial charge in [-0.2, -0.15) is 5.26 Å². The summed E-state index contributed by atoms with van der Waals surface area (Å²) in [5.74, 6) is -2.28. The van der Waals surface area contributed by atoms with Gasteiger partial charge in [-0.3, -0.25) is 9.59 Å². The van der Waals surface area contributed by atoms with Crippen molar-refractivity contribution in [2.45, 2.75) is 6.04 Å². The van der Waals surface area contributed by atoms with Gasteiger partial charge in [0.05, 0.1) is 18.6 Å². The molecule has 0 bridgehead atoms. The van der Waals surface area contributed by atoms with Crippen LogP contribution in [0, 0.1) is 17.1 Å². The maximum absolute atomic E-state index is 13.6. The summed E-state index contributed by atoms with van der Waals surface area (Å²) in [6, 6.07) is 15.7. The second-order valence-corrected chi connectivity index (χ2v) is 8.12. The number of phenolic OH excluding ortho intramolecular Hbond substituents is 1. The molecule has 0 fully saturated rings. The van der Waals surface area contributed by atoms with Crippen molar-refractivity contribution >= 4 is 35.7 Å². The van der Waals surface area contributed by atoms with Gasteiger partial charge in [0.15, 0.2) is 11.6 Å². The number of amides is 2. The molecule has 0 aliphatic heterocycles. The molecule has 12 heteroatoms. The molecule has 0 radical (unpaired) electrons.